The predicted molar refractivity (Wildman–Crippen MR) is 111 cm³/mol. The minimum Gasteiger partial charge on any atom is -0.396 e. The molecule has 8 nitrogen and oxygen atoms in total. The third kappa shape index (κ3) is 3.73. The van der Waals surface area contributed by atoms with Crippen molar-refractivity contribution in [2.75, 3.05) is 26.2 Å². The lowest BCUT2D eigenvalue weighted by Crippen LogP contribution is -2.55. The van der Waals surface area contributed by atoms with Gasteiger partial charge in [-0.2, -0.15) is 0 Å². The zero-order valence-corrected chi connectivity index (χ0v) is 18.5. The molecule has 3 N–H and O–H groups in total. The number of carbonyl (C=O) groups excluding carboxylic acids is 3. The number of aliphatic hydroxyl groups excluding tert-OH is 1. The molecule has 0 radical (unpaired) electrons. The molecule has 0 aromatic heterocycles. The van der Waals surface area contributed by atoms with E-state index in [0.717, 1.165) is 19.3 Å². The van der Waals surface area contributed by atoms with Crippen LogP contribution in [0, 0.1) is 11.8 Å². The van der Waals surface area contributed by atoms with Crippen LogP contribution in [-0.4, -0.2) is 71.2 Å². The molecule has 2 unspecified atom stereocenters. The molecular formula is C22H37N3O5. The summed E-state index contributed by atoms with van der Waals surface area (Å²) in [5, 5.41) is 15.1. The van der Waals surface area contributed by atoms with E-state index in [4.69, 9.17) is 9.84 Å². The summed E-state index contributed by atoms with van der Waals surface area (Å²) >= 11 is 0. The number of carbonyl (C=O) groups is 3. The lowest BCUT2D eigenvalue weighted by Gasteiger charge is -2.33. The van der Waals surface area contributed by atoms with E-state index in [1.807, 2.05) is 13.8 Å². The zero-order chi connectivity index (χ0) is 21.9. The fraction of sp³-hybridized carbons (Fsp3) is 0.864. The molecular weight excluding hydrogens is 386 g/mol. The number of unbranched alkanes of at least 4 members (excludes halogenated alkanes) is 2. The van der Waals surface area contributed by atoms with Crippen molar-refractivity contribution in [1.29, 1.82) is 0 Å². The average Bonchev–Trinajstić information content (AvgIpc) is 3.28. The highest BCUT2D eigenvalue weighted by molar-refractivity contribution is 5.99. The number of aliphatic hydroxyl groups is 1. The van der Waals surface area contributed by atoms with E-state index >= 15 is 0 Å². The van der Waals surface area contributed by atoms with Gasteiger partial charge in [-0.15, -0.1) is 0 Å². The van der Waals surface area contributed by atoms with Gasteiger partial charge in [-0.05, 0) is 45.4 Å². The van der Waals surface area contributed by atoms with Gasteiger partial charge in [0.1, 0.15) is 11.6 Å². The van der Waals surface area contributed by atoms with Crippen molar-refractivity contribution in [1.82, 2.24) is 15.5 Å². The normalized spacial score (nSPS) is 34.3. The van der Waals surface area contributed by atoms with Crippen LogP contribution in [0.5, 0.6) is 0 Å². The van der Waals surface area contributed by atoms with Crippen molar-refractivity contribution in [3.05, 3.63) is 0 Å². The van der Waals surface area contributed by atoms with Gasteiger partial charge >= 0.3 is 0 Å². The van der Waals surface area contributed by atoms with Crippen LogP contribution < -0.4 is 10.6 Å². The molecule has 0 saturated carbocycles. The van der Waals surface area contributed by atoms with E-state index in [1.54, 1.807) is 4.90 Å². The molecule has 1 spiro atoms. The van der Waals surface area contributed by atoms with Crippen molar-refractivity contribution < 1.29 is 24.2 Å². The first-order valence-corrected chi connectivity index (χ1v) is 11.5. The monoisotopic (exact) mass is 423 g/mol. The van der Waals surface area contributed by atoms with Gasteiger partial charge < -0.3 is 25.4 Å². The maximum atomic E-state index is 13.6. The first-order valence-electron chi connectivity index (χ1n) is 11.5. The van der Waals surface area contributed by atoms with Gasteiger partial charge in [-0.25, -0.2) is 0 Å². The van der Waals surface area contributed by atoms with Gasteiger partial charge in [-0.3, -0.25) is 14.4 Å². The number of amides is 3. The number of nitrogens with one attached hydrogen (secondary N) is 2. The third-order valence-corrected chi connectivity index (χ3v) is 6.99. The molecule has 5 atom stereocenters. The summed E-state index contributed by atoms with van der Waals surface area (Å²) in [6.45, 7) is 7.49. The molecule has 3 saturated heterocycles. The van der Waals surface area contributed by atoms with E-state index in [2.05, 4.69) is 17.6 Å². The Kier molecular flexibility index (Phi) is 7.07. The Morgan fingerprint density at radius 2 is 1.83 bits per heavy atom. The van der Waals surface area contributed by atoms with E-state index in [1.165, 1.54) is 0 Å². The molecule has 3 aliphatic heterocycles. The van der Waals surface area contributed by atoms with Gasteiger partial charge in [0.2, 0.25) is 17.7 Å². The molecule has 3 fully saturated rings. The predicted octanol–water partition coefficient (Wildman–Crippen LogP) is 0.966. The molecule has 0 aliphatic carbocycles. The Bertz CT molecular complexity index is 671. The maximum absolute atomic E-state index is 13.6. The van der Waals surface area contributed by atoms with Crippen molar-refractivity contribution in [3.8, 4) is 0 Å². The van der Waals surface area contributed by atoms with Crippen LogP contribution in [0.3, 0.4) is 0 Å². The number of hydrogen-bond acceptors (Lipinski definition) is 5. The van der Waals surface area contributed by atoms with Crippen LogP contribution in [-0.2, 0) is 19.1 Å². The first kappa shape index (κ1) is 23.0. The standard InChI is InChI=1S/C22H37N3O5/c1-4-6-12-24-19(28)17-22-10-9-21(3,30-22)15(18(27)23-11-5-2)16(22)20(29)25(17)13-7-8-14-26/h15-17,26H,4-14H2,1-3H3,(H,23,27)(H,24,28)/t15-,16-,17?,21+,22?/m0/s1. The molecule has 8 heteroatoms. The molecule has 3 amide bonds. The fourth-order valence-corrected chi connectivity index (χ4v) is 5.60. The zero-order valence-electron chi connectivity index (χ0n) is 18.5. The summed E-state index contributed by atoms with van der Waals surface area (Å²) in [5.41, 5.74) is -1.67. The summed E-state index contributed by atoms with van der Waals surface area (Å²) < 4.78 is 6.50. The van der Waals surface area contributed by atoms with E-state index < -0.39 is 29.1 Å². The molecule has 3 aliphatic rings. The van der Waals surface area contributed by atoms with E-state index in [9.17, 15) is 14.4 Å². The number of rotatable bonds is 11. The van der Waals surface area contributed by atoms with Crippen LogP contribution in [0.25, 0.3) is 0 Å². The highest BCUT2D eigenvalue weighted by atomic mass is 16.5. The SMILES string of the molecule is CCCCNC(=O)C1N(CCCCO)C(=O)[C@@H]2[C@@H](C(=O)NCCC)[C@@]3(C)CCC12O3. The second-order valence-electron chi connectivity index (χ2n) is 9.13. The highest BCUT2D eigenvalue weighted by Crippen LogP contribution is 2.63. The van der Waals surface area contributed by atoms with Crippen molar-refractivity contribution in [2.45, 2.75) is 83.0 Å². The summed E-state index contributed by atoms with van der Waals surface area (Å²) in [6.07, 6.45) is 5.07. The van der Waals surface area contributed by atoms with Gasteiger partial charge in [-0.1, -0.05) is 20.3 Å². The second kappa shape index (κ2) is 9.22. The van der Waals surface area contributed by atoms with Gasteiger partial charge in [0.05, 0.1) is 17.4 Å². The molecule has 30 heavy (non-hydrogen) atoms. The Morgan fingerprint density at radius 1 is 1.10 bits per heavy atom. The van der Waals surface area contributed by atoms with Gasteiger partial charge in [0.15, 0.2) is 0 Å². The molecule has 0 aromatic rings. The number of fused-ring (bicyclic) bond motifs is 1. The van der Waals surface area contributed by atoms with Crippen LogP contribution in [0.1, 0.15) is 65.7 Å². The fourth-order valence-electron chi connectivity index (χ4n) is 5.60. The Morgan fingerprint density at radius 3 is 2.50 bits per heavy atom. The second-order valence-corrected chi connectivity index (χ2v) is 9.13. The van der Waals surface area contributed by atoms with Crippen LogP contribution in [0.4, 0.5) is 0 Å². The minimum absolute atomic E-state index is 0.0422. The van der Waals surface area contributed by atoms with Crippen LogP contribution in [0.15, 0.2) is 0 Å². The van der Waals surface area contributed by atoms with Crippen molar-refractivity contribution in [3.63, 3.8) is 0 Å². The van der Waals surface area contributed by atoms with E-state index in [0.29, 0.717) is 45.3 Å². The smallest absolute Gasteiger partial charge is 0.245 e. The van der Waals surface area contributed by atoms with Gasteiger partial charge in [0, 0.05) is 26.2 Å². The lowest BCUT2D eigenvalue weighted by atomic mass is 9.66. The van der Waals surface area contributed by atoms with Crippen LogP contribution in [0.2, 0.25) is 0 Å². The summed E-state index contributed by atoms with van der Waals surface area (Å²) in [5.74, 6) is -1.73. The van der Waals surface area contributed by atoms with Crippen molar-refractivity contribution in [2.24, 2.45) is 11.8 Å². The third-order valence-electron chi connectivity index (χ3n) is 6.99. The quantitative estimate of drug-likeness (QED) is 0.429. The number of likely N-dealkylation sites (tertiary alicyclic amines) is 1. The molecule has 170 valence electrons. The Labute approximate surface area is 179 Å². The number of ether oxygens (including phenoxy) is 1. The first-order chi connectivity index (χ1) is 14.4. The lowest BCUT2D eigenvalue weighted by molar-refractivity contribution is -0.146. The van der Waals surface area contributed by atoms with Crippen molar-refractivity contribution >= 4 is 17.7 Å². The van der Waals surface area contributed by atoms with E-state index in [-0.39, 0.29) is 24.3 Å². The van der Waals surface area contributed by atoms with Gasteiger partial charge in [0.25, 0.3) is 0 Å². The number of nitrogens with zero attached hydrogens (tertiary/aromatic N) is 1. The largest absolute Gasteiger partial charge is 0.396 e. The Hall–Kier alpha value is -1.67. The maximum Gasteiger partial charge on any atom is 0.245 e. The molecule has 3 rings (SSSR count). The molecule has 0 aromatic carbocycles. The highest BCUT2D eigenvalue weighted by Gasteiger charge is 2.77. The summed E-state index contributed by atoms with van der Waals surface area (Å²) in [7, 11) is 0. The number of hydrogen-bond donors (Lipinski definition) is 3. The van der Waals surface area contributed by atoms with Crippen LogP contribution >= 0.6 is 0 Å². The average molecular weight is 424 g/mol. The molecule has 3 heterocycles. The summed E-state index contributed by atoms with van der Waals surface area (Å²) in [6, 6.07) is -0.726. The Balaban J connectivity index is 1.91. The minimum atomic E-state index is -0.949. The summed E-state index contributed by atoms with van der Waals surface area (Å²) in [4.78, 5) is 41.5. The molecule has 2 bridgehead atoms. The topological polar surface area (TPSA) is 108 Å².